The Morgan fingerprint density at radius 2 is 0.878 bits per heavy atom. The molecule has 0 amide bonds. The van der Waals surface area contributed by atoms with Crippen molar-refractivity contribution in [2.75, 3.05) is 0 Å². The van der Waals surface area contributed by atoms with E-state index in [1.54, 1.807) is 0 Å². The molecule has 0 saturated heterocycles. The average molecular weight is 644 g/mol. The number of benzene rings is 7. The number of fused-ring (bicyclic) bond motifs is 12. The van der Waals surface area contributed by atoms with Gasteiger partial charge < -0.3 is 4.57 Å². The Morgan fingerprint density at radius 3 is 1.49 bits per heavy atom. The van der Waals surface area contributed by atoms with Gasteiger partial charge in [0.25, 0.3) is 0 Å². The SMILES string of the molecule is O=P(c1ccccc1)(c1ccccc1)c1cccc(-c2nc3c(c4ccccc24)C2(c4ccccc4-c4ccccc42)c2ccccc2-3)c1. The summed E-state index contributed by atoms with van der Waals surface area (Å²) in [6.45, 7) is 0. The molecule has 0 N–H and O–H groups in total. The maximum absolute atomic E-state index is 15.4. The molecule has 10 rings (SSSR count). The monoisotopic (exact) mass is 643 g/mol. The lowest BCUT2D eigenvalue weighted by atomic mass is 9.69. The van der Waals surface area contributed by atoms with Crippen LogP contribution >= 0.6 is 7.14 Å². The van der Waals surface area contributed by atoms with Crippen molar-refractivity contribution in [1.29, 1.82) is 0 Å². The highest BCUT2D eigenvalue weighted by Gasteiger charge is 2.53. The number of aromatic nitrogens is 1. The van der Waals surface area contributed by atoms with Gasteiger partial charge in [0.1, 0.15) is 0 Å². The second kappa shape index (κ2) is 10.6. The quantitative estimate of drug-likeness (QED) is 0.179. The molecule has 0 aliphatic heterocycles. The van der Waals surface area contributed by atoms with Crippen LogP contribution in [0.5, 0.6) is 0 Å². The van der Waals surface area contributed by atoms with E-state index in [9.17, 15) is 0 Å². The van der Waals surface area contributed by atoms with Crippen LogP contribution in [-0.4, -0.2) is 4.98 Å². The van der Waals surface area contributed by atoms with E-state index in [4.69, 9.17) is 4.98 Å². The molecule has 1 heterocycles. The van der Waals surface area contributed by atoms with Crippen LogP contribution in [0.2, 0.25) is 0 Å². The van der Waals surface area contributed by atoms with Gasteiger partial charge in [0.15, 0.2) is 7.14 Å². The van der Waals surface area contributed by atoms with Crippen molar-refractivity contribution in [3.63, 3.8) is 0 Å². The van der Waals surface area contributed by atoms with E-state index in [-0.39, 0.29) is 0 Å². The van der Waals surface area contributed by atoms with E-state index >= 15 is 4.57 Å². The van der Waals surface area contributed by atoms with Gasteiger partial charge in [-0.05, 0) is 39.3 Å². The highest BCUT2D eigenvalue weighted by atomic mass is 31.2. The molecule has 3 heteroatoms. The molecular formula is C46H30NOP. The lowest BCUT2D eigenvalue weighted by Crippen LogP contribution is -2.26. The largest absolute Gasteiger partial charge is 0.309 e. The van der Waals surface area contributed by atoms with E-state index in [0.717, 1.165) is 43.8 Å². The highest BCUT2D eigenvalue weighted by molar-refractivity contribution is 7.85. The number of nitrogens with zero attached hydrogens (tertiary/aromatic N) is 1. The topological polar surface area (TPSA) is 30.0 Å². The van der Waals surface area contributed by atoms with E-state index in [2.05, 4.69) is 109 Å². The van der Waals surface area contributed by atoms with Crippen LogP contribution < -0.4 is 15.9 Å². The molecule has 2 nitrogen and oxygen atoms in total. The van der Waals surface area contributed by atoms with Gasteiger partial charge in [-0.3, -0.25) is 0 Å². The molecule has 0 unspecified atom stereocenters. The maximum atomic E-state index is 15.4. The molecule has 0 radical (unpaired) electrons. The van der Waals surface area contributed by atoms with Gasteiger partial charge in [0.2, 0.25) is 0 Å². The minimum Gasteiger partial charge on any atom is -0.309 e. The fourth-order valence-corrected chi connectivity index (χ4v) is 11.3. The van der Waals surface area contributed by atoms with Gasteiger partial charge in [0.05, 0.1) is 16.8 Å². The predicted octanol–water partition coefficient (Wildman–Crippen LogP) is 9.88. The molecular weight excluding hydrogens is 613 g/mol. The molecule has 1 spiro atoms. The molecule has 0 bridgehead atoms. The Balaban J connectivity index is 1.27. The Kier molecular flexibility index (Phi) is 6.10. The summed E-state index contributed by atoms with van der Waals surface area (Å²) < 4.78 is 15.4. The summed E-state index contributed by atoms with van der Waals surface area (Å²) in [4.78, 5) is 5.64. The predicted molar refractivity (Wildman–Crippen MR) is 203 cm³/mol. The first-order valence-electron chi connectivity index (χ1n) is 16.8. The Labute approximate surface area is 285 Å². The highest BCUT2D eigenvalue weighted by Crippen LogP contribution is 2.64. The van der Waals surface area contributed by atoms with E-state index in [1.165, 1.54) is 38.8 Å². The van der Waals surface area contributed by atoms with Crippen molar-refractivity contribution in [2.45, 2.75) is 5.41 Å². The number of hydrogen-bond donors (Lipinski definition) is 0. The van der Waals surface area contributed by atoms with Crippen LogP contribution in [-0.2, 0) is 9.98 Å². The zero-order valence-corrected chi connectivity index (χ0v) is 27.5. The van der Waals surface area contributed by atoms with Crippen molar-refractivity contribution < 1.29 is 4.57 Å². The molecule has 0 saturated carbocycles. The summed E-state index contributed by atoms with van der Waals surface area (Å²) in [5.74, 6) is 0. The number of hydrogen-bond acceptors (Lipinski definition) is 2. The summed E-state index contributed by atoms with van der Waals surface area (Å²) >= 11 is 0. The average Bonchev–Trinajstić information content (AvgIpc) is 3.65. The van der Waals surface area contributed by atoms with Crippen LogP contribution in [0.3, 0.4) is 0 Å². The Bertz CT molecular complexity index is 2550. The van der Waals surface area contributed by atoms with Gasteiger partial charge in [-0.25, -0.2) is 4.98 Å². The van der Waals surface area contributed by atoms with Gasteiger partial charge in [-0.2, -0.15) is 0 Å². The first-order chi connectivity index (χ1) is 24.2. The molecule has 49 heavy (non-hydrogen) atoms. The zero-order valence-electron chi connectivity index (χ0n) is 26.6. The zero-order chi connectivity index (χ0) is 32.6. The van der Waals surface area contributed by atoms with Crippen LogP contribution in [0.1, 0.15) is 22.3 Å². The third-order valence-corrected chi connectivity index (χ3v) is 13.6. The van der Waals surface area contributed by atoms with Crippen molar-refractivity contribution in [1.82, 2.24) is 4.98 Å². The van der Waals surface area contributed by atoms with E-state index < -0.39 is 12.6 Å². The summed E-state index contributed by atoms with van der Waals surface area (Å²) in [5, 5.41) is 4.70. The van der Waals surface area contributed by atoms with Crippen molar-refractivity contribution >= 4 is 33.8 Å². The standard InChI is InChI=1S/C46H30NOP/c48-49(32-17-3-1-4-18-32,33-19-5-2-6-20-33)34-21-15-16-31(30-34)44-38-25-8-7-24-37(38)43-45(47-44)39-26-11-14-29-42(39)46(43)40-27-12-9-22-35(40)36-23-10-13-28-41(36)46/h1-30H. The minimum atomic E-state index is -3.18. The van der Waals surface area contributed by atoms with E-state index in [0.29, 0.717) is 0 Å². The molecule has 2 aliphatic carbocycles. The fraction of sp³-hybridized carbons (Fsp3) is 0.0217. The number of pyridine rings is 1. The normalized spacial score (nSPS) is 13.6. The van der Waals surface area contributed by atoms with Crippen molar-refractivity contribution in [3.05, 3.63) is 204 Å². The molecule has 0 fully saturated rings. The van der Waals surface area contributed by atoms with Crippen molar-refractivity contribution in [2.24, 2.45) is 0 Å². The second-order valence-electron chi connectivity index (χ2n) is 12.9. The van der Waals surface area contributed by atoms with Gasteiger partial charge in [-0.15, -0.1) is 0 Å². The molecule has 0 atom stereocenters. The van der Waals surface area contributed by atoms with Crippen LogP contribution in [0.25, 0.3) is 44.4 Å². The molecule has 1 aromatic heterocycles. The van der Waals surface area contributed by atoms with Crippen LogP contribution in [0.4, 0.5) is 0 Å². The molecule has 230 valence electrons. The lowest BCUT2D eigenvalue weighted by molar-refractivity contribution is 0.592. The third-order valence-electron chi connectivity index (χ3n) is 10.5. The van der Waals surface area contributed by atoms with Gasteiger partial charge in [0, 0.05) is 38.0 Å². The van der Waals surface area contributed by atoms with E-state index in [1.807, 2.05) is 72.8 Å². The van der Waals surface area contributed by atoms with Gasteiger partial charge in [-0.1, -0.05) is 176 Å². The second-order valence-corrected chi connectivity index (χ2v) is 15.7. The maximum Gasteiger partial charge on any atom is 0.171 e. The number of rotatable bonds is 4. The first kappa shape index (κ1) is 28.2. The van der Waals surface area contributed by atoms with Gasteiger partial charge >= 0.3 is 0 Å². The third kappa shape index (κ3) is 3.78. The minimum absolute atomic E-state index is 0.484. The Hall–Kier alpha value is -5.82. The fourth-order valence-electron chi connectivity index (χ4n) is 8.58. The summed E-state index contributed by atoms with van der Waals surface area (Å²) in [5.41, 5.74) is 11.2. The van der Waals surface area contributed by atoms with Crippen LogP contribution in [0, 0.1) is 0 Å². The Morgan fingerprint density at radius 1 is 0.408 bits per heavy atom. The lowest BCUT2D eigenvalue weighted by Gasteiger charge is -2.31. The van der Waals surface area contributed by atoms with Crippen molar-refractivity contribution in [3.8, 4) is 33.6 Å². The molecule has 2 aliphatic rings. The molecule has 7 aromatic carbocycles. The molecule has 8 aromatic rings. The summed E-state index contributed by atoms with van der Waals surface area (Å²) in [6.07, 6.45) is 0. The first-order valence-corrected chi connectivity index (χ1v) is 18.5. The summed E-state index contributed by atoms with van der Waals surface area (Å²) in [6, 6.07) is 63.3. The van der Waals surface area contributed by atoms with Crippen LogP contribution in [0.15, 0.2) is 182 Å². The smallest absolute Gasteiger partial charge is 0.171 e. The summed E-state index contributed by atoms with van der Waals surface area (Å²) in [7, 11) is -3.18.